The molecule has 1 saturated carbocycles. The van der Waals surface area contributed by atoms with Gasteiger partial charge in [0.15, 0.2) is 0 Å². The topological polar surface area (TPSA) is 168 Å². The van der Waals surface area contributed by atoms with Crippen molar-refractivity contribution >= 4 is 35.3 Å². The molecule has 0 spiro atoms. The average Bonchev–Trinajstić information content (AvgIpc) is 4.08. The summed E-state index contributed by atoms with van der Waals surface area (Å²) in [6, 6.07) is 15.6. The van der Waals surface area contributed by atoms with Crippen molar-refractivity contribution in [3.8, 4) is 22.4 Å². The number of hydrogen-bond acceptors (Lipinski definition) is 9. The van der Waals surface area contributed by atoms with Gasteiger partial charge in [-0.25, -0.2) is 14.6 Å². The van der Waals surface area contributed by atoms with E-state index in [1.54, 1.807) is 18.2 Å². The van der Waals surface area contributed by atoms with Crippen molar-refractivity contribution in [3.05, 3.63) is 72.3 Å². The Kier molecular flexibility index (Phi) is 12.1. The van der Waals surface area contributed by atoms with Gasteiger partial charge in [0, 0.05) is 57.6 Å². The minimum Gasteiger partial charge on any atom is -0.453 e. The molecule has 1 aromatic heterocycles. The van der Waals surface area contributed by atoms with Gasteiger partial charge in [0.05, 0.1) is 44.1 Å². The average molecular weight is 766 g/mol. The quantitative estimate of drug-likeness (QED) is 0.206. The van der Waals surface area contributed by atoms with Crippen LogP contribution in [0.3, 0.4) is 0 Å². The van der Waals surface area contributed by atoms with E-state index in [0.717, 1.165) is 84.2 Å². The molecule has 2 saturated heterocycles. The number of carbonyl (C=O) groups excluding carboxylic acids is 4. The number of nitrogens with zero attached hydrogens (tertiary/aromatic N) is 4. The zero-order valence-corrected chi connectivity index (χ0v) is 32.3. The number of aromatic nitrogens is 2. The van der Waals surface area contributed by atoms with Gasteiger partial charge >= 0.3 is 12.2 Å². The molecule has 4 amide bonds. The third-order valence-electron chi connectivity index (χ3n) is 11.6. The van der Waals surface area contributed by atoms with Gasteiger partial charge in [0.25, 0.3) is 0 Å². The highest BCUT2D eigenvalue weighted by atomic mass is 16.5. The van der Waals surface area contributed by atoms with E-state index in [-0.39, 0.29) is 35.9 Å². The molecule has 3 aromatic rings. The number of aromatic amines is 1. The van der Waals surface area contributed by atoms with Crippen LogP contribution in [0.25, 0.3) is 28.0 Å². The number of ether oxygens (including phenoxy) is 3. The number of methoxy groups -OCH3 is 3. The second-order valence-corrected chi connectivity index (χ2v) is 14.9. The van der Waals surface area contributed by atoms with Crippen LogP contribution in [0.2, 0.25) is 0 Å². The summed E-state index contributed by atoms with van der Waals surface area (Å²) < 4.78 is 14.7. The summed E-state index contributed by atoms with van der Waals surface area (Å²) in [4.78, 5) is 67.8. The Bertz CT molecular complexity index is 1960. The minimum absolute atomic E-state index is 0.0206. The van der Waals surface area contributed by atoms with Crippen LogP contribution in [0, 0.1) is 5.92 Å². The van der Waals surface area contributed by atoms with Crippen molar-refractivity contribution in [1.29, 1.82) is 0 Å². The second kappa shape index (κ2) is 17.5. The standard InChI is InChI=1S/C42H51N7O7/c1-54-22-19-33(47-42(53)56-3)40(51)49-21-6-10-37(49)38-44-25-35(45-38)29-17-15-27(16-18-29)26-11-13-28(14-12-26)30-23-34(43-24-30)36-9-5-20-48(36)39(50)31-7-4-8-32(31)46-41(52)55-2/h11-18,24-25,31-33,36-37H,4-10,19-23H2,1-3H3,(H,44,45)(H,46,52)(H,47,53)/t31-,32-,33?,36-,37-/m0/s1. The van der Waals surface area contributed by atoms with Gasteiger partial charge in [-0.2, -0.15) is 0 Å². The molecular weight excluding hydrogens is 715 g/mol. The lowest BCUT2D eigenvalue weighted by Gasteiger charge is -2.30. The van der Waals surface area contributed by atoms with E-state index in [1.807, 2.05) is 11.1 Å². The molecule has 7 rings (SSSR count). The van der Waals surface area contributed by atoms with Crippen molar-refractivity contribution in [2.75, 3.05) is 41.0 Å². The maximum atomic E-state index is 13.7. The lowest BCUT2D eigenvalue weighted by Crippen LogP contribution is -2.49. The van der Waals surface area contributed by atoms with Gasteiger partial charge in [-0.05, 0) is 66.4 Å². The molecule has 3 fully saturated rings. The molecule has 3 aliphatic heterocycles. The summed E-state index contributed by atoms with van der Waals surface area (Å²) in [6.45, 7) is 1.61. The number of carbonyl (C=O) groups is 4. The van der Waals surface area contributed by atoms with Crippen LogP contribution in [-0.4, -0.2) is 109 Å². The van der Waals surface area contributed by atoms with Gasteiger partial charge in [-0.3, -0.25) is 14.6 Å². The molecule has 14 nitrogen and oxygen atoms in total. The number of rotatable bonds is 12. The number of benzene rings is 2. The SMILES string of the molecule is COCCC(NC(=O)OC)C(=O)N1CCC[C@H]1c1ncc(-c2ccc(-c3ccc(C4=CN=C([C@@H]5CCCN5C(=O)[C@H]5CCC[C@@H]5NC(=O)OC)C4)cc3)cc2)[nH]1. The molecule has 1 unspecified atom stereocenters. The van der Waals surface area contributed by atoms with Crippen LogP contribution in [0.5, 0.6) is 0 Å². The minimum atomic E-state index is -0.755. The lowest BCUT2D eigenvalue weighted by molar-refractivity contribution is -0.136. The predicted molar refractivity (Wildman–Crippen MR) is 210 cm³/mol. The predicted octanol–water partition coefficient (Wildman–Crippen LogP) is 5.87. The van der Waals surface area contributed by atoms with Crippen LogP contribution < -0.4 is 10.6 Å². The Balaban J connectivity index is 0.954. The molecule has 0 radical (unpaired) electrons. The first-order valence-electron chi connectivity index (χ1n) is 19.6. The van der Waals surface area contributed by atoms with Crippen molar-refractivity contribution in [1.82, 2.24) is 30.4 Å². The number of nitrogens with one attached hydrogen (secondary N) is 3. The molecular formula is C42H51N7O7. The highest BCUT2D eigenvalue weighted by Crippen LogP contribution is 2.36. The van der Waals surface area contributed by atoms with Crippen molar-refractivity contribution in [2.24, 2.45) is 10.9 Å². The molecule has 5 atom stereocenters. The first-order valence-corrected chi connectivity index (χ1v) is 19.6. The van der Waals surface area contributed by atoms with Crippen molar-refractivity contribution in [2.45, 2.75) is 82.0 Å². The summed E-state index contributed by atoms with van der Waals surface area (Å²) in [5, 5.41) is 5.52. The largest absolute Gasteiger partial charge is 0.453 e. The fraction of sp³-hybridized carbons (Fsp3) is 0.476. The van der Waals surface area contributed by atoms with Crippen LogP contribution in [-0.2, 0) is 23.8 Å². The summed E-state index contributed by atoms with van der Waals surface area (Å²) >= 11 is 0. The molecule has 14 heteroatoms. The summed E-state index contributed by atoms with van der Waals surface area (Å²) in [7, 11) is 4.18. The van der Waals surface area contributed by atoms with E-state index in [2.05, 4.69) is 69.1 Å². The van der Waals surface area contributed by atoms with Gasteiger partial charge in [0.1, 0.15) is 11.9 Å². The van der Waals surface area contributed by atoms with Crippen molar-refractivity contribution in [3.63, 3.8) is 0 Å². The van der Waals surface area contributed by atoms with Gasteiger partial charge in [-0.15, -0.1) is 0 Å². The number of likely N-dealkylation sites (tertiary alicyclic amines) is 2. The number of H-pyrrole nitrogens is 1. The number of amides is 4. The van der Waals surface area contributed by atoms with E-state index >= 15 is 0 Å². The molecule has 0 bridgehead atoms. The number of allylic oxidation sites excluding steroid dienone is 1. The van der Waals surface area contributed by atoms with E-state index in [4.69, 9.17) is 19.2 Å². The fourth-order valence-electron chi connectivity index (χ4n) is 8.64. The van der Waals surface area contributed by atoms with Crippen LogP contribution in [0.15, 0.2) is 65.9 Å². The van der Waals surface area contributed by atoms with Gasteiger partial charge in [0.2, 0.25) is 11.8 Å². The Morgan fingerprint density at radius 2 is 1.46 bits per heavy atom. The first kappa shape index (κ1) is 38.8. The molecule has 56 heavy (non-hydrogen) atoms. The monoisotopic (exact) mass is 765 g/mol. The Labute approximate surface area is 327 Å². The van der Waals surface area contributed by atoms with Crippen molar-refractivity contribution < 1.29 is 33.4 Å². The number of aliphatic imine (C=N–C) groups is 1. The maximum Gasteiger partial charge on any atom is 0.407 e. The van der Waals surface area contributed by atoms with Gasteiger partial charge < -0.3 is 39.6 Å². The third-order valence-corrected chi connectivity index (χ3v) is 11.6. The highest BCUT2D eigenvalue weighted by molar-refractivity contribution is 6.03. The Hall–Kier alpha value is -5.50. The molecule has 1 aliphatic carbocycles. The third kappa shape index (κ3) is 8.35. The summed E-state index contributed by atoms with van der Waals surface area (Å²) in [5.41, 5.74) is 7.28. The van der Waals surface area contributed by atoms with Crippen LogP contribution >= 0.6 is 0 Å². The van der Waals surface area contributed by atoms with Gasteiger partial charge in [-0.1, -0.05) is 55.0 Å². The normalized spacial score (nSPS) is 22.4. The molecule has 2 aromatic carbocycles. The Morgan fingerprint density at radius 3 is 2.16 bits per heavy atom. The van der Waals surface area contributed by atoms with E-state index < -0.39 is 18.2 Å². The summed E-state index contributed by atoms with van der Waals surface area (Å²) in [6.07, 6.45) is 9.53. The van der Waals surface area contributed by atoms with E-state index in [0.29, 0.717) is 38.4 Å². The zero-order valence-electron chi connectivity index (χ0n) is 32.3. The van der Waals surface area contributed by atoms with E-state index in [1.165, 1.54) is 14.2 Å². The molecule has 296 valence electrons. The number of hydrogen-bond donors (Lipinski definition) is 3. The zero-order chi connectivity index (χ0) is 39.2. The first-order chi connectivity index (χ1) is 27.3. The second-order valence-electron chi connectivity index (χ2n) is 14.9. The maximum absolute atomic E-state index is 13.7. The van der Waals surface area contributed by atoms with E-state index in [9.17, 15) is 19.2 Å². The summed E-state index contributed by atoms with van der Waals surface area (Å²) in [5.74, 6) is 0.409. The molecule has 3 N–H and O–H groups in total. The fourth-order valence-corrected chi connectivity index (χ4v) is 8.64. The van der Waals surface area contributed by atoms with Crippen LogP contribution in [0.1, 0.15) is 75.2 Å². The highest BCUT2D eigenvalue weighted by Gasteiger charge is 2.42. The lowest BCUT2D eigenvalue weighted by atomic mass is 9.95. The molecule has 4 aliphatic rings. The Morgan fingerprint density at radius 1 is 0.804 bits per heavy atom. The van der Waals surface area contributed by atoms with Crippen LogP contribution in [0.4, 0.5) is 9.59 Å². The number of imidazole rings is 1. The smallest absolute Gasteiger partial charge is 0.407 e. The molecule has 4 heterocycles. The number of alkyl carbamates (subject to hydrolysis) is 2.